The molecule has 1 atom stereocenters. The Balaban J connectivity index is 3.25. The van der Waals surface area contributed by atoms with Gasteiger partial charge in [0.1, 0.15) is 16.5 Å². The van der Waals surface area contributed by atoms with Crippen LogP contribution in [0.15, 0.2) is 4.60 Å². The minimum atomic E-state index is -0.160. The van der Waals surface area contributed by atoms with Crippen molar-refractivity contribution in [2.24, 2.45) is 0 Å². The molecule has 0 spiro atoms. The standard InChI is InChI=1S/C10H14BrN3/c1-4-8-10(11)14(7(3)6-12)9(5-2)13-8/h7H,4-5H2,1-3H3. The lowest BCUT2D eigenvalue weighted by Crippen LogP contribution is -2.07. The minimum absolute atomic E-state index is 0.160. The maximum atomic E-state index is 8.90. The van der Waals surface area contributed by atoms with Crippen molar-refractivity contribution in [3.63, 3.8) is 0 Å². The van der Waals surface area contributed by atoms with Crippen molar-refractivity contribution in [1.29, 1.82) is 5.26 Å². The van der Waals surface area contributed by atoms with Crippen molar-refractivity contribution >= 4 is 15.9 Å². The van der Waals surface area contributed by atoms with Gasteiger partial charge in [0.15, 0.2) is 0 Å². The van der Waals surface area contributed by atoms with Crippen LogP contribution in [0.5, 0.6) is 0 Å². The topological polar surface area (TPSA) is 41.6 Å². The molecule has 0 saturated heterocycles. The van der Waals surface area contributed by atoms with Crippen LogP contribution in [0.4, 0.5) is 0 Å². The van der Waals surface area contributed by atoms with Gasteiger partial charge in [0.05, 0.1) is 11.8 Å². The van der Waals surface area contributed by atoms with Crippen molar-refractivity contribution < 1.29 is 0 Å². The highest BCUT2D eigenvalue weighted by Crippen LogP contribution is 2.24. The number of hydrogen-bond acceptors (Lipinski definition) is 2. The smallest absolute Gasteiger partial charge is 0.120 e. The van der Waals surface area contributed by atoms with E-state index >= 15 is 0 Å². The Bertz CT molecular complexity index is 362. The van der Waals surface area contributed by atoms with Gasteiger partial charge in [0.25, 0.3) is 0 Å². The first kappa shape index (κ1) is 11.3. The molecule has 1 rings (SSSR count). The fourth-order valence-corrected chi connectivity index (χ4v) is 2.31. The molecule has 0 fully saturated rings. The predicted molar refractivity (Wildman–Crippen MR) is 59.0 cm³/mol. The van der Waals surface area contributed by atoms with E-state index in [-0.39, 0.29) is 6.04 Å². The van der Waals surface area contributed by atoms with E-state index in [9.17, 15) is 0 Å². The van der Waals surface area contributed by atoms with Gasteiger partial charge in [0, 0.05) is 6.42 Å². The Labute approximate surface area is 92.9 Å². The summed E-state index contributed by atoms with van der Waals surface area (Å²) in [6.45, 7) is 5.99. The third-order valence-corrected chi connectivity index (χ3v) is 3.06. The molecule has 0 aliphatic heterocycles. The fourth-order valence-electron chi connectivity index (χ4n) is 1.43. The molecule has 1 aromatic heterocycles. The molecular weight excluding hydrogens is 242 g/mol. The van der Waals surface area contributed by atoms with Crippen molar-refractivity contribution in [3.05, 3.63) is 16.1 Å². The van der Waals surface area contributed by atoms with Crippen LogP contribution < -0.4 is 0 Å². The molecule has 1 unspecified atom stereocenters. The van der Waals surface area contributed by atoms with Gasteiger partial charge < -0.3 is 4.57 Å². The fraction of sp³-hybridized carbons (Fsp3) is 0.600. The molecule has 76 valence electrons. The average Bonchev–Trinajstić information content (AvgIpc) is 2.53. The first-order valence-corrected chi connectivity index (χ1v) is 5.60. The van der Waals surface area contributed by atoms with E-state index in [1.165, 1.54) is 0 Å². The zero-order valence-electron chi connectivity index (χ0n) is 8.71. The van der Waals surface area contributed by atoms with Crippen LogP contribution in [0.3, 0.4) is 0 Å². The number of halogens is 1. The number of hydrogen-bond donors (Lipinski definition) is 0. The Morgan fingerprint density at radius 3 is 2.57 bits per heavy atom. The number of aromatic nitrogens is 2. The maximum absolute atomic E-state index is 8.90. The van der Waals surface area contributed by atoms with Crippen LogP contribution in [0.2, 0.25) is 0 Å². The molecule has 0 radical (unpaired) electrons. The van der Waals surface area contributed by atoms with Crippen LogP contribution in [0, 0.1) is 11.3 Å². The van der Waals surface area contributed by atoms with Gasteiger partial charge in [-0.2, -0.15) is 5.26 Å². The highest BCUT2D eigenvalue weighted by Gasteiger charge is 2.16. The molecule has 0 aliphatic carbocycles. The molecule has 0 amide bonds. The Morgan fingerprint density at radius 2 is 2.14 bits per heavy atom. The first-order valence-electron chi connectivity index (χ1n) is 4.80. The molecule has 1 aromatic rings. The highest BCUT2D eigenvalue weighted by atomic mass is 79.9. The van der Waals surface area contributed by atoms with E-state index in [1.54, 1.807) is 0 Å². The quantitative estimate of drug-likeness (QED) is 0.834. The molecule has 14 heavy (non-hydrogen) atoms. The molecule has 0 aliphatic rings. The summed E-state index contributed by atoms with van der Waals surface area (Å²) in [6, 6.07) is 2.07. The first-order chi connectivity index (χ1) is 6.65. The van der Waals surface area contributed by atoms with Crippen molar-refractivity contribution in [1.82, 2.24) is 9.55 Å². The Kier molecular flexibility index (Phi) is 3.70. The second-order valence-corrected chi connectivity index (χ2v) is 3.90. The molecule has 4 heteroatoms. The average molecular weight is 256 g/mol. The van der Waals surface area contributed by atoms with E-state index < -0.39 is 0 Å². The Hall–Kier alpha value is -0.820. The largest absolute Gasteiger partial charge is 0.306 e. The zero-order valence-corrected chi connectivity index (χ0v) is 10.3. The van der Waals surface area contributed by atoms with E-state index in [1.807, 2.05) is 11.5 Å². The van der Waals surface area contributed by atoms with Crippen LogP contribution >= 0.6 is 15.9 Å². The third-order valence-electron chi connectivity index (χ3n) is 2.22. The van der Waals surface area contributed by atoms with E-state index in [4.69, 9.17) is 5.26 Å². The van der Waals surface area contributed by atoms with Crippen LogP contribution in [0.25, 0.3) is 0 Å². The normalized spacial score (nSPS) is 12.5. The van der Waals surface area contributed by atoms with E-state index in [0.29, 0.717) is 0 Å². The summed E-state index contributed by atoms with van der Waals surface area (Å²) in [5.74, 6) is 0.975. The van der Waals surface area contributed by atoms with Gasteiger partial charge in [-0.1, -0.05) is 13.8 Å². The summed E-state index contributed by atoms with van der Waals surface area (Å²) < 4.78 is 2.91. The summed E-state index contributed by atoms with van der Waals surface area (Å²) in [4.78, 5) is 4.48. The van der Waals surface area contributed by atoms with Gasteiger partial charge in [-0.25, -0.2) is 4.98 Å². The lowest BCUT2D eigenvalue weighted by Gasteiger charge is -2.09. The summed E-state index contributed by atoms with van der Waals surface area (Å²) in [5.41, 5.74) is 1.03. The van der Waals surface area contributed by atoms with E-state index in [0.717, 1.165) is 29.0 Å². The summed E-state index contributed by atoms with van der Waals surface area (Å²) in [6.07, 6.45) is 1.74. The highest BCUT2D eigenvalue weighted by molar-refractivity contribution is 9.10. The molecule has 1 heterocycles. The minimum Gasteiger partial charge on any atom is -0.306 e. The van der Waals surface area contributed by atoms with Gasteiger partial charge in [-0.3, -0.25) is 0 Å². The second-order valence-electron chi connectivity index (χ2n) is 3.15. The van der Waals surface area contributed by atoms with Crippen LogP contribution in [-0.2, 0) is 12.8 Å². The summed E-state index contributed by atoms with van der Waals surface area (Å²) in [7, 11) is 0. The number of imidazole rings is 1. The zero-order chi connectivity index (χ0) is 10.7. The van der Waals surface area contributed by atoms with Crippen molar-refractivity contribution in [2.75, 3.05) is 0 Å². The third kappa shape index (κ3) is 1.83. The van der Waals surface area contributed by atoms with Crippen molar-refractivity contribution in [2.45, 2.75) is 39.7 Å². The van der Waals surface area contributed by atoms with Crippen molar-refractivity contribution in [3.8, 4) is 6.07 Å². The summed E-state index contributed by atoms with van der Waals surface area (Å²) >= 11 is 3.49. The molecular formula is C10H14BrN3. The van der Waals surface area contributed by atoms with Crippen LogP contribution in [0.1, 0.15) is 38.3 Å². The van der Waals surface area contributed by atoms with Gasteiger partial charge in [-0.05, 0) is 29.3 Å². The second kappa shape index (κ2) is 4.61. The van der Waals surface area contributed by atoms with Gasteiger partial charge in [-0.15, -0.1) is 0 Å². The number of nitriles is 1. The number of aryl methyl sites for hydroxylation is 2. The molecule has 0 bridgehead atoms. The van der Waals surface area contributed by atoms with E-state index in [2.05, 4.69) is 40.8 Å². The van der Waals surface area contributed by atoms with Gasteiger partial charge in [0.2, 0.25) is 0 Å². The van der Waals surface area contributed by atoms with Crippen LogP contribution in [-0.4, -0.2) is 9.55 Å². The van der Waals surface area contributed by atoms with Gasteiger partial charge >= 0.3 is 0 Å². The molecule has 0 saturated carbocycles. The monoisotopic (exact) mass is 255 g/mol. The predicted octanol–water partition coefficient (Wildman–Crippen LogP) is 2.85. The molecule has 3 nitrogen and oxygen atoms in total. The lowest BCUT2D eigenvalue weighted by atomic mass is 10.3. The number of nitrogens with zero attached hydrogens (tertiary/aromatic N) is 3. The number of rotatable bonds is 3. The molecule has 0 N–H and O–H groups in total. The Morgan fingerprint density at radius 1 is 1.50 bits per heavy atom. The maximum Gasteiger partial charge on any atom is 0.120 e. The SMILES string of the molecule is CCc1nc(CC)n(C(C)C#N)c1Br. The summed E-state index contributed by atoms with van der Waals surface area (Å²) in [5, 5.41) is 8.90. The lowest BCUT2D eigenvalue weighted by molar-refractivity contribution is 0.622. The molecule has 0 aromatic carbocycles.